The molecule has 0 saturated carbocycles. The van der Waals surface area contributed by atoms with Crippen LogP contribution in [-0.2, 0) is 10.0 Å². The van der Waals surface area contributed by atoms with E-state index in [0.717, 1.165) is 53.6 Å². The molecule has 4 rings (SSSR count). The van der Waals surface area contributed by atoms with Crippen molar-refractivity contribution in [2.45, 2.75) is 51.0 Å². The van der Waals surface area contributed by atoms with Crippen LogP contribution in [0.15, 0.2) is 51.8 Å². The monoisotopic (exact) mass is 628 g/mol. The van der Waals surface area contributed by atoms with Crippen LogP contribution in [0.4, 0.5) is 5.13 Å². The first kappa shape index (κ1) is 30.0. The van der Waals surface area contributed by atoms with E-state index in [4.69, 9.17) is 4.98 Å². The summed E-state index contributed by atoms with van der Waals surface area (Å²) in [5.74, 6) is -0.185. The maximum atomic E-state index is 13.7. The lowest BCUT2D eigenvalue weighted by molar-refractivity contribution is 0.0983. The van der Waals surface area contributed by atoms with E-state index in [-0.39, 0.29) is 29.3 Å². The van der Waals surface area contributed by atoms with Crippen molar-refractivity contribution >= 4 is 71.0 Å². The van der Waals surface area contributed by atoms with E-state index in [2.05, 4.69) is 34.7 Å². The summed E-state index contributed by atoms with van der Waals surface area (Å²) >= 11 is 4.99. The van der Waals surface area contributed by atoms with Crippen molar-refractivity contribution in [3.8, 4) is 0 Å². The molecule has 202 valence electrons. The highest BCUT2D eigenvalue weighted by molar-refractivity contribution is 9.10. The minimum absolute atomic E-state index is 0. The van der Waals surface area contributed by atoms with E-state index in [1.807, 2.05) is 25.1 Å². The van der Waals surface area contributed by atoms with Gasteiger partial charge in [0.15, 0.2) is 5.13 Å². The van der Waals surface area contributed by atoms with Gasteiger partial charge in [-0.25, -0.2) is 13.4 Å². The van der Waals surface area contributed by atoms with Crippen LogP contribution in [-0.4, -0.2) is 67.3 Å². The molecule has 37 heavy (non-hydrogen) atoms. The maximum absolute atomic E-state index is 13.7. The molecule has 1 unspecified atom stereocenters. The third-order valence-corrected chi connectivity index (χ3v) is 10.4. The zero-order valence-electron chi connectivity index (χ0n) is 21.4. The Balaban J connectivity index is 0.00000380. The molecule has 1 atom stereocenters. The fourth-order valence-corrected chi connectivity index (χ4v) is 7.80. The second-order valence-corrected chi connectivity index (χ2v) is 12.9. The number of rotatable bonds is 9. The summed E-state index contributed by atoms with van der Waals surface area (Å²) in [5, 5.41) is 0.638. The van der Waals surface area contributed by atoms with Crippen LogP contribution in [0.25, 0.3) is 10.2 Å². The molecule has 0 aliphatic carbocycles. The highest BCUT2D eigenvalue weighted by Crippen LogP contribution is 2.32. The third kappa shape index (κ3) is 6.72. The quantitative estimate of drug-likeness (QED) is 0.289. The molecule has 1 aliphatic rings. The molecule has 1 aliphatic heterocycles. The number of anilines is 1. The van der Waals surface area contributed by atoms with Crippen LogP contribution in [0.3, 0.4) is 0 Å². The number of carbonyl (C=O) groups is 1. The predicted octanol–water partition coefficient (Wildman–Crippen LogP) is 6.03. The average molecular weight is 630 g/mol. The molecule has 2 aromatic carbocycles. The van der Waals surface area contributed by atoms with Crippen LogP contribution < -0.4 is 4.90 Å². The molecule has 0 N–H and O–H groups in total. The van der Waals surface area contributed by atoms with Crippen LogP contribution in [0.1, 0.15) is 50.4 Å². The first-order valence-electron chi connectivity index (χ1n) is 12.5. The Hall–Kier alpha value is -1.56. The van der Waals surface area contributed by atoms with Gasteiger partial charge in [0.1, 0.15) is 0 Å². The molecule has 1 fully saturated rings. The van der Waals surface area contributed by atoms with E-state index < -0.39 is 10.0 Å². The number of thiazole rings is 1. The summed E-state index contributed by atoms with van der Waals surface area (Å²) < 4.78 is 30.0. The molecule has 0 radical (unpaired) electrons. The lowest BCUT2D eigenvalue weighted by atomic mass is 10.1. The van der Waals surface area contributed by atoms with Gasteiger partial charge in [-0.2, -0.15) is 4.31 Å². The van der Waals surface area contributed by atoms with Gasteiger partial charge in [-0.05, 0) is 75.3 Å². The smallest absolute Gasteiger partial charge is 0.260 e. The molecule has 1 aromatic heterocycles. The van der Waals surface area contributed by atoms with Gasteiger partial charge < -0.3 is 4.90 Å². The molecule has 11 heteroatoms. The molecule has 1 saturated heterocycles. The number of halogens is 2. The Morgan fingerprint density at radius 2 is 1.81 bits per heavy atom. The van der Waals surface area contributed by atoms with Crippen molar-refractivity contribution in [2.75, 3.05) is 37.6 Å². The first-order chi connectivity index (χ1) is 17.2. The Labute approximate surface area is 238 Å². The van der Waals surface area contributed by atoms with Crippen LogP contribution >= 0.6 is 39.7 Å². The summed E-state index contributed by atoms with van der Waals surface area (Å²) in [7, 11) is -3.59. The SMILES string of the molecule is CCN(CC)CCN(C(=O)c1ccc(S(=O)(=O)N2CCCCC2C)cc1)c1nc2ccc(Br)cc2s1.Cl. The minimum Gasteiger partial charge on any atom is -0.302 e. The number of aromatic nitrogens is 1. The summed E-state index contributed by atoms with van der Waals surface area (Å²) in [6.45, 7) is 9.71. The van der Waals surface area contributed by atoms with Crippen molar-refractivity contribution < 1.29 is 13.2 Å². The molecule has 7 nitrogen and oxygen atoms in total. The topological polar surface area (TPSA) is 73.8 Å². The van der Waals surface area contributed by atoms with E-state index in [1.165, 1.54) is 11.3 Å². The van der Waals surface area contributed by atoms with Crippen molar-refractivity contribution in [3.05, 3.63) is 52.5 Å². The maximum Gasteiger partial charge on any atom is 0.260 e. The van der Waals surface area contributed by atoms with Crippen molar-refractivity contribution in [2.24, 2.45) is 0 Å². The van der Waals surface area contributed by atoms with Gasteiger partial charge in [0.25, 0.3) is 5.91 Å². The Kier molecular flexibility index (Phi) is 10.5. The lowest BCUT2D eigenvalue weighted by Crippen LogP contribution is -2.42. The normalized spacial score (nSPS) is 16.6. The third-order valence-electron chi connectivity index (χ3n) is 6.80. The fourth-order valence-electron chi connectivity index (χ4n) is 4.56. The molecular formula is C26H34BrClN4O3S2. The molecular weight excluding hydrogens is 596 g/mol. The number of carbonyl (C=O) groups excluding carboxylic acids is 1. The zero-order chi connectivity index (χ0) is 25.9. The van der Waals surface area contributed by atoms with Gasteiger partial charge in [0.05, 0.1) is 15.1 Å². The number of sulfonamides is 1. The fraction of sp³-hybridized carbons (Fsp3) is 0.462. The minimum atomic E-state index is -3.59. The molecule has 0 bridgehead atoms. The number of piperidine rings is 1. The number of amides is 1. The summed E-state index contributed by atoms with van der Waals surface area (Å²) in [6, 6.07) is 12.2. The average Bonchev–Trinajstić information content (AvgIpc) is 3.29. The van der Waals surface area contributed by atoms with Crippen molar-refractivity contribution in [1.29, 1.82) is 0 Å². The van der Waals surface area contributed by atoms with Crippen molar-refractivity contribution in [3.63, 3.8) is 0 Å². The Morgan fingerprint density at radius 3 is 2.46 bits per heavy atom. The molecule has 2 heterocycles. The summed E-state index contributed by atoms with van der Waals surface area (Å²) in [5.41, 5.74) is 1.29. The number of fused-ring (bicyclic) bond motifs is 1. The highest BCUT2D eigenvalue weighted by Gasteiger charge is 2.31. The van der Waals surface area contributed by atoms with E-state index in [9.17, 15) is 13.2 Å². The van der Waals surface area contributed by atoms with Gasteiger partial charge in [0.2, 0.25) is 10.0 Å². The highest BCUT2D eigenvalue weighted by atomic mass is 79.9. The number of hydrogen-bond donors (Lipinski definition) is 0. The van der Waals surface area contributed by atoms with Crippen molar-refractivity contribution in [1.82, 2.24) is 14.2 Å². The second kappa shape index (κ2) is 13.0. The number of nitrogens with zero attached hydrogens (tertiary/aromatic N) is 4. The summed E-state index contributed by atoms with van der Waals surface area (Å²) in [4.78, 5) is 22.6. The number of hydrogen-bond acceptors (Lipinski definition) is 6. The van der Waals surface area contributed by atoms with Crippen LogP contribution in [0.5, 0.6) is 0 Å². The summed E-state index contributed by atoms with van der Waals surface area (Å²) in [6.07, 6.45) is 2.79. The predicted molar refractivity (Wildman–Crippen MR) is 158 cm³/mol. The lowest BCUT2D eigenvalue weighted by Gasteiger charge is -2.32. The number of benzene rings is 2. The second-order valence-electron chi connectivity index (χ2n) is 9.08. The molecule has 3 aromatic rings. The van der Waals surface area contributed by atoms with Gasteiger partial charge in [-0.1, -0.05) is 47.5 Å². The van der Waals surface area contributed by atoms with E-state index in [0.29, 0.717) is 23.8 Å². The zero-order valence-corrected chi connectivity index (χ0v) is 25.4. The van der Waals surface area contributed by atoms with Gasteiger partial charge in [-0.3, -0.25) is 9.69 Å². The van der Waals surface area contributed by atoms with Crippen LogP contribution in [0, 0.1) is 0 Å². The van der Waals surface area contributed by atoms with Gasteiger partial charge in [0, 0.05) is 35.7 Å². The van der Waals surface area contributed by atoms with E-state index >= 15 is 0 Å². The Morgan fingerprint density at radius 1 is 1.11 bits per heavy atom. The van der Waals surface area contributed by atoms with Gasteiger partial charge in [-0.15, -0.1) is 12.4 Å². The Bertz CT molecular complexity index is 1310. The standard InChI is InChI=1S/C26H33BrN4O3S2.ClH/c1-4-29(5-2)16-17-30(26-28-23-14-11-21(27)18-24(23)35-26)25(32)20-9-12-22(13-10-20)36(33,34)31-15-7-6-8-19(31)3;/h9-14,18-19H,4-8,15-17H2,1-3H3;1H. The molecule has 1 amide bonds. The number of likely N-dealkylation sites (N-methyl/N-ethyl adjacent to an activating group) is 1. The van der Waals surface area contributed by atoms with E-state index in [1.54, 1.807) is 33.5 Å². The molecule has 0 spiro atoms. The van der Waals surface area contributed by atoms with Crippen LogP contribution in [0.2, 0.25) is 0 Å². The van der Waals surface area contributed by atoms with Gasteiger partial charge >= 0.3 is 0 Å². The first-order valence-corrected chi connectivity index (χ1v) is 15.5. The largest absolute Gasteiger partial charge is 0.302 e.